The molecule has 140 valence electrons. The number of benzene rings is 2. The second kappa shape index (κ2) is 12.0. The zero-order valence-corrected chi connectivity index (χ0v) is 18.6. The maximum atomic E-state index is 11.5. The average molecular weight is 391 g/mol. The fourth-order valence-electron chi connectivity index (χ4n) is 4.46. The fourth-order valence-corrected chi connectivity index (χ4v) is 4.46. The predicted molar refractivity (Wildman–Crippen MR) is 109 cm³/mol. The maximum Gasteiger partial charge on any atom is 2.00 e. The topological polar surface area (TPSA) is 46.1 Å². The minimum absolute atomic E-state index is 0. The summed E-state index contributed by atoms with van der Waals surface area (Å²) < 4.78 is 0. The van der Waals surface area contributed by atoms with E-state index in [1.807, 2.05) is 36.4 Å². The normalized spacial score (nSPS) is 18.1. The fraction of sp³-hybridized carbons (Fsp3) is 0.500. The summed E-state index contributed by atoms with van der Waals surface area (Å²) >= 11 is 0. The first-order chi connectivity index (χ1) is 12.8. The Labute approximate surface area is 194 Å². The minimum atomic E-state index is 0. The Morgan fingerprint density at radius 3 is 1.19 bits per heavy atom. The van der Waals surface area contributed by atoms with Crippen molar-refractivity contribution in [3.05, 3.63) is 59.7 Å². The van der Waals surface area contributed by atoms with Crippen LogP contribution in [0.5, 0.6) is 11.5 Å². The molecule has 4 rings (SSSR count). The molecule has 0 heterocycles. The van der Waals surface area contributed by atoms with Crippen LogP contribution in [0.4, 0.5) is 0 Å². The van der Waals surface area contributed by atoms with E-state index in [2.05, 4.69) is 0 Å². The Bertz CT molecular complexity index is 614. The van der Waals surface area contributed by atoms with Gasteiger partial charge in [-0.05, 0) is 37.5 Å². The van der Waals surface area contributed by atoms with E-state index in [0.717, 1.165) is 11.1 Å². The molecule has 0 radical (unpaired) electrons. The molecule has 27 heavy (non-hydrogen) atoms. The van der Waals surface area contributed by atoms with Gasteiger partial charge >= 0.3 is 37.7 Å². The molecule has 0 aliphatic heterocycles. The number of para-hydroxylation sites is 2. The van der Waals surface area contributed by atoms with Gasteiger partial charge in [0.15, 0.2) is 0 Å². The molecule has 0 saturated heterocycles. The molecular formula is C24H30CaO2. The van der Waals surface area contributed by atoms with E-state index in [0.29, 0.717) is 11.8 Å². The van der Waals surface area contributed by atoms with Crippen LogP contribution >= 0.6 is 0 Å². The van der Waals surface area contributed by atoms with Gasteiger partial charge in [-0.1, -0.05) is 98.2 Å². The molecule has 0 atom stereocenters. The second-order valence-electron chi connectivity index (χ2n) is 7.75. The van der Waals surface area contributed by atoms with Gasteiger partial charge in [0.25, 0.3) is 0 Å². The van der Waals surface area contributed by atoms with Crippen molar-refractivity contribution in [2.24, 2.45) is 0 Å². The third-order valence-corrected chi connectivity index (χ3v) is 5.93. The van der Waals surface area contributed by atoms with Crippen LogP contribution in [0.3, 0.4) is 0 Å². The molecule has 2 aliphatic carbocycles. The van der Waals surface area contributed by atoms with Crippen molar-refractivity contribution in [1.29, 1.82) is 0 Å². The van der Waals surface area contributed by atoms with Crippen LogP contribution in [0.25, 0.3) is 0 Å². The first-order valence-corrected chi connectivity index (χ1v) is 10.3. The Kier molecular flexibility index (Phi) is 10.0. The third kappa shape index (κ3) is 6.69. The van der Waals surface area contributed by atoms with Gasteiger partial charge < -0.3 is 10.2 Å². The quantitative estimate of drug-likeness (QED) is 0.659. The summed E-state index contributed by atoms with van der Waals surface area (Å²) in [5, 5.41) is 23.0. The van der Waals surface area contributed by atoms with Crippen LogP contribution in [0.15, 0.2) is 48.5 Å². The second-order valence-corrected chi connectivity index (χ2v) is 7.75. The predicted octanol–water partition coefficient (Wildman–Crippen LogP) is 5.24. The van der Waals surface area contributed by atoms with Crippen molar-refractivity contribution in [3.63, 3.8) is 0 Å². The van der Waals surface area contributed by atoms with Crippen molar-refractivity contribution < 1.29 is 10.2 Å². The SMILES string of the molecule is [Ca+2].[O-]c1ccccc1C1CCCCC1.[O-]c1ccccc1C1CCCCC1. The van der Waals surface area contributed by atoms with Crippen molar-refractivity contribution in [2.75, 3.05) is 0 Å². The van der Waals surface area contributed by atoms with E-state index in [9.17, 15) is 10.2 Å². The van der Waals surface area contributed by atoms with Crippen LogP contribution in [-0.2, 0) is 0 Å². The molecule has 0 spiro atoms. The largest absolute Gasteiger partial charge is 2.00 e. The van der Waals surface area contributed by atoms with E-state index >= 15 is 0 Å². The maximum absolute atomic E-state index is 11.5. The molecular weight excluding hydrogens is 360 g/mol. The van der Waals surface area contributed by atoms with Crippen molar-refractivity contribution in [3.8, 4) is 11.5 Å². The van der Waals surface area contributed by atoms with Crippen molar-refractivity contribution in [1.82, 2.24) is 0 Å². The van der Waals surface area contributed by atoms with Crippen LogP contribution < -0.4 is 10.2 Å². The molecule has 2 aromatic carbocycles. The van der Waals surface area contributed by atoms with Crippen LogP contribution in [0.2, 0.25) is 0 Å². The van der Waals surface area contributed by atoms with E-state index < -0.39 is 0 Å². The van der Waals surface area contributed by atoms with Gasteiger partial charge in [0.2, 0.25) is 0 Å². The molecule has 0 aromatic heterocycles. The Morgan fingerprint density at radius 2 is 0.852 bits per heavy atom. The molecule has 0 amide bonds. The summed E-state index contributed by atoms with van der Waals surface area (Å²) in [6.45, 7) is 0. The van der Waals surface area contributed by atoms with Crippen LogP contribution in [0.1, 0.15) is 87.2 Å². The van der Waals surface area contributed by atoms with Crippen LogP contribution in [0, 0.1) is 0 Å². The average Bonchev–Trinajstić information content (AvgIpc) is 2.71. The van der Waals surface area contributed by atoms with E-state index in [1.165, 1.54) is 64.2 Å². The molecule has 0 N–H and O–H groups in total. The van der Waals surface area contributed by atoms with Gasteiger partial charge in [0, 0.05) is 0 Å². The van der Waals surface area contributed by atoms with Gasteiger partial charge in [-0.15, -0.1) is 11.5 Å². The number of hydrogen-bond donors (Lipinski definition) is 0. The zero-order chi connectivity index (χ0) is 18.2. The molecule has 0 unspecified atom stereocenters. The summed E-state index contributed by atoms with van der Waals surface area (Å²) in [6, 6.07) is 15.0. The Morgan fingerprint density at radius 1 is 0.519 bits per heavy atom. The van der Waals surface area contributed by atoms with E-state index in [1.54, 1.807) is 12.1 Å². The van der Waals surface area contributed by atoms with Gasteiger partial charge in [0.05, 0.1) is 0 Å². The summed E-state index contributed by atoms with van der Waals surface area (Å²) in [5.41, 5.74) is 2.09. The monoisotopic (exact) mass is 390 g/mol. The van der Waals surface area contributed by atoms with Gasteiger partial charge in [-0.25, -0.2) is 0 Å². The van der Waals surface area contributed by atoms with Crippen LogP contribution in [-0.4, -0.2) is 37.7 Å². The van der Waals surface area contributed by atoms with Crippen molar-refractivity contribution in [2.45, 2.75) is 76.0 Å². The standard InChI is InChI=1S/2C12H16O.Ca/c2*13-12-9-5-4-8-11(12)10-6-2-1-3-7-10;/h2*4-5,8-10,13H,1-3,6-7H2;/q;;+2/p-2. The van der Waals surface area contributed by atoms with E-state index in [-0.39, 0.29) is 49.2 Å². The van der Waals surface area contributed by atoms with Gasteiger partial charge in [-0.2, -0.15) is 0 Å². The smallest absolute Gasteiger partial charge is 0.872 e. The van der Waals surface area contributed by atoms with Gasteiger partial charge in [0.1, 0.15) is 0 Å². The zero-order valence-electron chi connectivity index (χ0n) is 16.4. The molecule has 2 saturated carbocycles. The molecule has 2 nitrogen and oxygen atoms in total. The Hall–Kier alpha value is -0.700. The molecule has 2 aliphatic rings. The third-order valence-electron chi connectivity index (χ3n) is 5.93. The van der Waals surface area contributed by atoms with E-state index in [4.69, 9.17) is 0 Å². The summed E-state index contributed by atoms with van der Waals surface area (Å²) in [7, 11) is 0. The van der Waals surface area contributed by atoms with Gasteiger partial charge in [-0.3, -0.25) is 0 Å². The summed E-state index contributed by atoms with van der Waals surface area (Å²) in [4.78, 5) is 0. The van der Waals surface area contributed by atoms with Crippen molar-refractivity contribution >= 4 is 37.7 Å². The minimum Gasteiger partial charge on any atom is -0.872 e. The first-order valence-electron chi connectivity index (χ1n) is 10.3. The molecule has 3 heteroatoms. The number of rotatable bonds is 2. The molecule has 0 bridgehead atoms. The summed E-state index contributed by atoms with van der Waals surface area (Å²) in [6.07, 6.45) is 12.7. The first kappa shape index (κ1) is 22.6. The molecule has 2 aromatic rings. The number of hydrogen-bond acceptors (Lipinski definition) is 2. The Balaban J connectivity index is 0.000000187. The molecule has 2 fully saturated rings. The summed E-state index contributed by atoms with van der Waals surface area (Å²) in [5.74, 6) is 1.55.